The van der Waals surface area contributed by atoms with Crippen molar-refractivity contribution < 1.29 is 4.79 Å². The van der Waals surface area contributed by atoms with Gasteiger partial charge in [-0.3, -0.25) is 4.79 Å². The Morgan fingerprint density at radius 3 is 2.93 bits per heavy atom. The first-order chi connectivity index (χ1) is 7.13. The highest BCUT2D eigenvalue weighted by molar-refractivity contribution is 5.96. The molecule has 2 aromatic heterocycles. The van der Waals surface area contributed by atoms with Crippen LogP contribution in [0.25, 0.3) is 10.9 Å². The van der Waals surface area contributed by atoms with E-state index in [1.807, 2.05) is 30.8 Å². The van der Waals surface area contributed by atoms with Gasteiger partial charge in [-0.15, -0.1) is 0 Å². The third-order valence-corrected chi connectivity index (χ3v) is 2.53. The number of nitrogens with zero attached hydrogens (tertiary/aromatic N) is 2. The lowest BCUT2D eigenvalue weighted by atomic mass is 10.2. The average Bonchev–Trinajstić information content (AvgIpc) is 2.60. The minimum Gasteiger partial charge on any atom is -0.354 e. The van der Waals surface area contributed by atoms with Crippen LogP contribution in [0, 0.1) is 6.92 Å². The van der Waals surface area contributed by atoms with Crippen LogP contribution in [0.1, 0.15) is 16.2 Å². The molecule has 4 heteroatoms. The highest BCUT2D eigenvalue weighted by Gasteiger charge is 2.10. The highest BCUT2D eigenvalue weighted by Crippen LogP contribution is 2.18. The van der Waals surface area contributed by atoms with Crippen LogP contribution in [0.4, 0.5) is 0 Å². The van der Waals surface area contributed by atoms with Gasteiger partial charge in [-0.2, -0.15) is 0 Å². The molecule has 1 N–H and O–H groups in total. The fourth-order valence-corrected chi connectivity index (χ4v) is 1.67. The standard InChI is InChI=1S/C11H13N3O/c1-7-8-4-5-14(3)10(8)6-9(13-7)11(15)12-2/h4-6H,1-3H3,(H,12,15). The van der Waals surface area contributed by atoms with Crippen molar-refractivity contribution >= 4 is 16.8 Å². The van der Waals surface area contributed by atoms with Crippen molar-refractivity contribution in [1.82, 2.24) is 14.9 Å². The number of pyridine rings is 1. The predicted molar refractivity (Wildman–Crippen MR) is 58.8 cm³/mol. The zero-order chi connectivity index (χ0) is 11.0. The first kappa shape index (κ1) is 9.71. The first-order valence-electron chi connectivity index (χ1n) is 4.78. The number of carbonyl (C=O) groups is 1. The van der Waals surface area contributed by atoms with Crippen LogP contribution in [-0.2, 0) is 7.05 Å². The van der Waals surface area contributed by atoms with E-state index in [2.05, 4.69) is 10.3 Å². The Kier molecular flexibility index (Phi) is 2.19. The number of aryl methyl sites for hydroxylation is 2. The van der Waals surface area contributed by atoms with Crippen LogP contribution in [0.3, 0.4) is 0 Å². The van der Waals surface area contributed by atoms with Crippen molar-refractivity contribution in [2.45, 2.75) is 6.92 Å². The lowest BCUT2D eigenvalue weighted by Crippen LogP contribution is -2.19. The number of hydrogen-bond acceptors (Lipinski definition) is 2. The summed E-state index contributed by atoms with van der Waals surface area (Å²) >= 11 is 0. The van der Waals surface area contributed by atoms with E-state index in [-0.39, 0.29) is 5.91 Å². The summed E-state index contributed by atoms with van der Waals surface area (Å²) in [4.78, 5) is 15.7. The summed E-state index contributed by atoms with van der Waals surface area (Å²) in [5.74, 6) is -0.152. The molecule has 0 bridgehead atoms. The summed E-state index contributed by atoms with van der Waals surface area (Å²) in [5, 5.41) is 3.66. The van der Waals surface area contributed by atoms with Gasteiger partial charge in [0.05, 0.1) is 5.52 Å². The Morgan fingerprint density at radius 2 is 2.27 bits per heavy atom. The molecule has 0 unspecified atom stereocenters. The van der Waals surface area contributed by atoms with Gasteiger partial charge < -0.3 is 9.88 Å². The normalized spacial score (nSPS) is 10.6. The molecule has 0 aliphatic heterocycles. The van der Waals surface area contributed by atoms with Gasteiger partial charge in [-0.05, 0) is 19.1 Å². The molecule has 1 amide bonds. The molecule has 4 nitrogen and oxygen atoms in total. The molecule has 0 aliphatic carbocycles. The largest absolute Gasteiger partial charge is 0.354 e. The molecule has 0 fully saturated rings. The maximum absolute atomic E-state index is 11.5. The zero-order valence-corrected chi connectivity index (χ0v) is 9.03. The Bertz CT molecular complexity index is 528. The fourth-order valence-electron chi connectivity index (χ4n) is 1.67. The van der Waals surface area contributed by atoms with E-state index in [0.29, 0.717) is 5.69 Å². The lowest BCUT2D eigenvalue weighted by Gasteiger charge is -2.03. The molecule has 0 aromatic carbocycles. The van der Waals surface area contributed by atoms with Gasteiger partial charge in [0.25, 0.3) is 5.91 Å². The Hall–Kier alpha value is -1.84. The van der Waals surface area contributed by atoms with Gasteiger partial charge in [0.15, 0.2) is 0 Å². The van der Waals surface area contributed by atoms with Gasteiger partial charge in [0, 0.05) is 31.4 Å². The second kappa shape index (κ2) is 3.38. The average molecular weight is 203 g/mol. The van der Waals surface area contributed by atoms with Crippen LogP contribution in [0.15, 0.2) is 18.3 Å². The minimum atomic E-state index is -0.152. The summed E-state index contributed by atoms with van der Waals surface area (Å²) in [7, 11) is 3.56. The number of aromatic nitrogens is 2. The van der Waals surface area contributed by atoms with E-state index < -0.39 is 0 Å². The third-order valence-electron chi connectivity index (χ3n) is 2.53. The van der Waals surface area contributed by atoms with E-state index in [4.69, 9.17) is 0 Å². The number of amides is 1. The zero-order valence-electron chi connectivity index (χ0n) is 9.03. The molecule has 0 saturated carbocycles. The maximum Gasteiger partial charge on any atom is 0.269 e. The van der Waals surface area contributed by atoms with Gasteiger partial charge >= 0.3 is 0 Å². The molecular formula is C11H13N3O. The number of hydrogen-bond donors (Lipinski definition) is 1. The fraction of sp³-hybridized carbons (Fsp3) is 0.273. The molecule has 2 rings (SSSR count). The molecule has 0 aliphatic rings. The van der Waals surface area contributed by atoms with Crippen molar-refractivity contribution in [2.24, 2.45) is 7.05 Å². The Morgan fingerprint density at radius 1 is 1.53 bits per heavy atom. The number of fused-ring (bicyclic) bond motifs is 1. The van der Waals surface area contributed by atoms with Gasteiger partial charge in [0.1, 0.15) is 5.69 Å². The third kappa shape index (κ3) is 1.48. The van der Waals surface area contributed by atoms with E-state index in [9.17, 15) is 4.79 Å². The summed E-state index contributed by atoms with van der Waals surface area (Å²) in [6.07, 6.45) is 1.97. The van der Waals surface area contributed by atoms with E-state index in [1.54, 1.807) is 13.1 Å². The van der Waals surface area contributed by atoms with Crippen LogP contribution >= 0.6 is 0 Å². The van der Waals surface area contributed by atoms with Gasteiger partial charge in [-0.25, -0.2) is 4.98 Å². The summed E-state index contributed by atoms with van der Waals surface area (Å²) in [6.45, 7) is 1.91. The molecule has 15 heavy (non-hydrogen) atoms. The van der Waals surface area contributed by atoms with Crippen molar-refractivity contribution in [2.75, 3.05) is 7.05 Å². The topological polar surface area (TPSA) is 46.9 Å². The quantitative estimate of drug-likeness (QED) is 0.758. The minimum absolute atomic E-state index is 0.152. The van der Waals surface area contributed by atoms with Crippen molar-refractivity contribution in [3.8, 4) is 0 Å². The molecule has 2 aromatic rings. The van der Waals surface area contributed by atoms with Crippen LogP contribution < -0.4 is 5.32 Å². The van der Waals surface area contributed by atoms with Crippen LogP contribution in [0.5, 0.6) is 0 Å². The van der Waals surface area contributed by atoms with Crippen molar-refractivity contribution in [1.29, 1.82) is 0 Å². The lowest BCUT2D eigenvalue weighted by molar-refractivity contribution is 0.0958. The smallest absolute Gasteiger partial charge is 0.269 e. The molecule has 0 atom stereocenters. The Labute approximate surface area is 87.9 Å². The monoisotopic (exact) mass is 203 g/mol. The Balaban J connectivity index is 2.70. The summed E-state index contributed by atoms with van der Waals surface area (Å²) in [6, 6.07) is 3.81. The second-order valence-corrected chi connectivity index (χ2v) is 3.53. The molecule has 0 radical (unpaired) electrons. The van der Waals surface area contributed by atoms with Gasteiger partial charge in [0.2, 0.25) is 0 Å². The summed E-state index contributed by atoms with van der Waals surface area (Å²) in [5.41, 5.74) is 2.37. The maximum atomic E-state index is 11.5. The van der Waals surface area contributed by atoms with Crippen molar-refractivity contribution in [3.05, 3.63) is 29.7 Å². The SMILES string of the molecule is CNC(=O)c1cc2c(ccn2C)c(C)n1. The second-order valence-electron chi connectivity index (χ2n) is 3.53. The van der Waals surface area contributed by atoms with Gasteiger partial charge in [-0.1, -0.05) is 0 Å². The molecule has 0 saturated heterocycles. The number of nitrogens with one attached hydrogen (secondary N) is 1. The molecule has 0 spiro atoms. The summed E-state index contributed by atoms with van der Waals surface area (Å²) < 4.78 is 1.98. The number of rotatable bonds is 1. The molecule has 2 heterocycles. The molecular weight excluding hydrogens is 190 g/mol. The van der Waals surface area contributed by atoms with Crippen LogP contribution in [0.2, 0.25) is 0 Å². The van der Waals surface area contributed by atoms with E-state index >= 15 is 0 Å². The predicted octanol–water partition coefficient (Wildman–Crippen LogP) is 1.24. The highest BCUT2D eigenvalue weighted by atomic mass is 16.1. The van der Waals surface area contributed by atoms with Crippen LogP contribution in [-0.4, -0.2) is 22.5 Å². The van der Waals surface area contributed by atoms with E-state index in [1.165, 1.54) is 0 Å². The molecule has 78 valence electrons. The van der Waals surface area contributed by atoms with E-state index in [0.717, 1.165) is 16.6 Å². The number of carbonyl (C=O) groups excluding carboxylic acids is 1. The first-order valence-corrected chi connectivity index (χ1v) is 4.78. The van der Waals surface area contributed by atoms with Crippen molar-refractivity contribution in [3.63, 3.8) is 0 Å².